The lowest BCUT2D eigenvalue weighted by Crippen LogP contribution is -2.53. The van der Waals surface area contributed by atoms with Crippen molar-refractivity contribution in [2.75, 3.05) is 131 Å². The lowest BCUT2D eigenvalue weighted by Gasteiger charge is -2.35. The van der Waals surface area contributed by atoms with E-state index in [1.54, 1.807) is 115 Å². The van der Waals surface area contributed by atoms with E-state index in [1.807, 2.05) is 0 Å². The molecule has 0 radical (unpaired) electrons. The fourth-order valence-electron chi connectivity index (χ4n) is 12.0. The molecule has 38 heteroatoms. The third-order valence-corrected chi connectivity index (χ3v) is 21.7. The van der Waals surface area contributed by atoms with Crippen LogP contribution < -0.4 is 20.1 Å². The predicted molar refractivity (Wildman–Crippen MR) is 412 cm³/mol. The first-order valence-corrected chi connectivity index (χ1v) is 39.7. The van der Waals surface area contributed by atoms with Crippen molar-refractivity contribution >= 4 is 80.1 Å². The summed E-state index contributed by atoms with van der Waals surface area (Å²) in [5.41, 5.74) is -4.53. The molecule has 4 aliphatic rings. The number of halogens is 7. The number of aromatic carboxylic acids is 1. The van der Waals surface area contributed by atoms with Crippen LogP contribution in [0.2, 0.25) is 0 Å². The monoisotopic (exact) mass is 1680 g/mol. The van der Waals surface area contributed by atoms with Crippen LogP contribution in [0.25, 0.3) is 0 Å². The highest BCUT2D eigenvalue weighted by Crippen LogP contribution is 2.41. The molecule has 4 aromatic rings. The van der Waals surface area contributed by atoms with Crippen molar-refractivity contribution < 1.29 is 125 Å². The maximum Gasteiger partial charge on any atom is 0.423 e. The third-order valence-electron chi connectivity index (χ3n) is 17.9. The van der Waals surface area contributed by atoms with Gasteiger partial charge in [-0.3, -0.25) is 19.6 Å². The Morgan fingerprint density at radius 3 is 1.46 bits per heavy atom. The number of sulfonamides is 2. The summed E-state index contributed by atoms with van der Waals surface area (Å²) < 4.78 is 190. The van der Waals surface area contributed by atoms with Gasteiger partial charge in [0.15, 0.2) is 0 Å². The predicted octanol–water partition coefficient (Wildman–Crippen LogP) is 9.40. The number of nitrogens with one attached hydrogen (secondary N) is 2. The number of carboxylic acid groups (broad SMARTS) is 1. The minimum atomic E-state index is -4.87. The Morgan fingerprint density at radius 1 is 0.570 bits per heavy atom. The number of piperidine rings is 2. The Bertz CT molecular complexity index is 4300. The number of hydrogen-bond acceptors (Lipinski definition) is 22. The zero-order chi connectivity index (χ0) is 83.0. The van der Waals surface area contributed by atoms with Gasteiger partial charge in [-0.2, -0.15) is 31.2 Å². The number of ether oxygens (including phenoxy) is 9. The van der Waals surface area contributed by atoms with Gasteiger partial charge >= 0.3 is 36.5 Å². The Labute approximate surface area is 666 Å². The van der Waals surface area contributed by atoms with Crippen LogP contribution in [0.4, 0.5) is 35.9 Å². The zero-order valence-corrected chi connectivity index (χ0v) is 68.7. The first-order chi connectivity index (χ1) is 52.1. The van der Waals surface area contributed by atoms with Crippen LogP contribution in [0.1, 0.15) is 153 Å². The topological polar surface area (TPSA) is 367 Å². The zero-order valence-electron chi connectivity index (χ0n) is 66.3. The van der Waals surface area contributed by atoms with Crippen molar-refractivity contribution in [1.82, 2.24) is 29.0 Å². The van der Waals surface area contributed by atoms with Crippen LogP contribution in [0, 0.1) is 13.8 Å². The van der Waals surface area contributed by atoms with Gasteiger partial charge in [-0.1, -0.05) is 12.1 Å². The van der Waals surface area contributed by atoms with Gasteiger partial charge in [0.25, 0.3) is 11.8 Å². The largest absolute Gasteiger partial charge is 0.491 e. The minimum Gasteiger partial charge on any atom is -0.491 e. The summed E-state index contributed by atoms with van der Waals surface area (Å²) in [5, 5.41) is 14.7. The Balaban J connectivity index is 0.000000420. The number of alkyl halides is 6. The summed E-state index contributed by atoms with van der Waals surface area (Å²) in [6.07, 6.45) is -11.1. The van der Waals surface area contributed by atoms with Gasteiger partial charge in [-0.15, -0.1) is 12.4 Å². The molecule has 636 valence electrons. The molecule has 4 heterocycles. The van der Waals surface area contributed by atoms with E-state index in [4.69, 9.17) is 47.7 Å². The molecule has 0 saturated carbocycles. The number of esters is 1. The number of likely N-dealkylation sites (N-methyl/N-ethyl adjacent to an activating group) is 2. The highest BCUT2D eigenvalue weighted by Gasteiger charge is 2.55. The molecular formula is C76H105ClF6N8O21S2. The van der Waals surface area contributed by atoms with Gasteiger partial charge < -0.3 is 68.7 Å². The summed E-state index contributed by atoms with van der Waals surface area (Å²) in [5.74, 6) is -4.18. The Morgan fingerprint density at radius 2 is 1.00 bits per heavy atom. The van der Waals surface area contributed by atoms with Gasteiger partial charge in [0.1, 0.15) is 64.3 Å². The molecule has 2 saturated heterocycles. The number of carbonyl (C=O) groups excluding carboxylic acids is 5. The number of hydrogen-bond donors (Lipinski definition) is 3. The standard InChI is InChI=1S/C45H63F3N4O12S.C31H39F3N4O8S.ClH.H2O/c1-30-26-32(37(53)62-41(2,3)4)13-12-31(30)14-25-65(57,58)51-17-15-44(16-18-51)38(54)52(40(56)64-43(8,9)10)36(49-44)33-27-34(45(46,47)48)29-35(28-33)61-24-23-60-22-21-59-20-19-50(11)39(55)63-42(5,6)7;1-21-17-23(28(39)40)4-3-22(21)5-16-47(42,43)38-9-6-30(7-10-38)29(41)36-27(37-30)24-18-25(31(32,33)34)20-26(19-24)46-15-14-45-13-12-44-11-8-35-2;;/h12-13,26-29H,14-25H2,1-11H3;3-4,17-20,35H,5-16H2,1-2H3,(H,39,40)(H,36,37,41);1H;1H2. The Kier molecular flexibility index (Phi) is 34.4. The highest BCUT2D eigenvalue weighted by molar-refractivity contribution is 7.89. The van der Waals surface area contributed by atoms with E-state index in [2.05, 4.69) is 20.6 Å². The van der Waals surface area contributed by atoms with Gasteiger partial charge in [0.2, 0.25) is 20.0 Å². The van der Waals surface area contributed by atoms with E-state index >= 15 is 0 Å². The molecule has 8 rings (SSSR count). The summed E-state index contributed by atoms with van der Waals surface area (Å²) in [6.45, 7) is 21.0. The lowest BCUT2D eigenvalue weighted by atomic mass is 9.88. The molecule has 2 spiro atoms. The molecule has 0 atom stereocenters. The van der Waals surface area contributed by atoms with Crippen LogP contribution >= 0.6 is 12.4 Å². The second-order valence-corrected chi connectivity index (χ2v) is 34.4. The minimum absolute atomic E-state index is 0. The van der Waals surface area contributed by atoms with Gasteiger partial charge in [-0.05, 0) is 205 Å². The molecule has 5 N–H and O–H groups in total. The second-order valence-electron chi connectivity index (χ2n) is 30.2. The lowest BCUT2D eigenvalue weighted by molar-refractivity contribution is -0.138. The summed E-state index contributed by atoms with van der Waals surface area (Å²) in [6, 6.07) is 15.3. The van der Waals surface area contributed by atoms with E-state index in [0.717, 1.165) is 24.3 Å². The average molecular weight is 1680 g/mol. The molecule has 0 aromatic heterocycles. The first-order valence-electron chi connectivity index (χ1n) is 36.4. The normalized spacial score (nSPS) is 16.0. The molecule has 0 unspecified atom stereocenters. The van der Waals surface area contributed by atoms with Gasteiger partial charge in [0.05, 0.1) is 86.6 Å². The van der Waals surface area contributed by atoms with Crippen molar-refractivity contribution in [3.63, 3.8) is 0 Å². The number of benzene rings is 4. The highest BCUT2D eigenvalue weighted by atomic mass is 35.5. The van der Waals surface area contributed by atoms with E-state index in [-0.39, 0.29) is 181 Å². The number of carbonyl (C=O) groups is 6. The van der Waals surface area contributed by atoms with Crippen molar-refractivity contribution in [3.05, 3.63) is 128 Å². The number of aliphatic imine (C=N–C) groups is 2. The van der Waals surface area contributed by atoms with Crippen LogP contribution in [-0.2, 0) is 88.0 Å². The number of carboxylic acids is 1. The van der Waals surface area contributed by atoms with Gasteiger partial charge in [0, 0.05) is 57.4 Å². The van der Waals surface area contributed by atoms with Crippen molar-refractivity contribution in [2.24, 2.45) is 9.98 Å². The molecule has 114 heavy (non-hydrogen) atoms. The molecule has 4 aliphatic heterocycles. The third kappa shape index (κ3) is 28.1. The van der Waals surface area contributed by atoms with Crippen LogP contribution in [-0.4, -0.2) is 252 Å². The smallest absolute Gasteiger partial charge is 0.423 e. The number of nitrogens with zero attached hydrogens (tertiary/aromatic N) is 6. The Hall–Kier alpha value is -8.11. The quantitative estimate of drug-likeness (QED) is 0.0177. The molecule has 29 nitrogen and oxygen atoms in total. The maximum absolute atomic E-state index is 14.3. The maximum atomic E-state index is 14.3. The molecule has 4 amide bonds. The van der Waals surface area contributed by atoms with E-state index in [1.165, 1.54) is 37.8 Å². The van der Waals surface area contributed by atoms with Crippen LogP contribution in [0.15, 0.2) is 82.8 Å². The second kappa shape index (κ2) is 40.6. The number of amidine groups is 2. The van der Waals surface area contributed by atoms with E-state index in [9.17, 15) is 71.9 Å². The van der Waals surface area contributed by atoms with Crippen LogP contribution in [0.5, 0.6) is 11.5 Å². The fraction of sp³-hybridized carbons (Fsp3) is 0.579. The summed E-state index contributed by atoms with van der Waals surface area (Å²) in [7, 11) is -4.23. The molecule has 4 aromatic carbocycles. The van der Waals surface area contributed by atoms with E-state index < -0.39 is 113 Å². The first kappa shape index (κ1) is 96.5. The number of rotatable bonds is 32. The number of amides is 4. The van der Waals surface area contributed by atoms with Gasteiger partial charge in [-0.25, -0.2) is 44.6 Å². The van der Waals surface area contributed by atoms with Crippen molar-refractivity contribution in [2.45, 2.75) is 155 Å². The SMILES string of the molecule is CNCCOCCOCCOc1cc(C2=NC3(CCN(S(=O)(=O)CCc4ccc(C(=O)O)cc4C)CC3)C(=O)N2)cc(C(F)(F)F)c1.Cc1cc(C(=O)OC(C)(C)C)ccc1CCS(=O)(=O)N1CCC2(CC1)N=C(c1cc(OCCOCCOCCN(C)C(=O)OC(C)(C)C)cc(C(F)(F)F)c1)N(C(=O)OC(C)(C)C)C2=O.Cl.O. The molecule has 0 aliphatic carbocycles. The molecule has 0 bridgehead atoms. The number of imide groups is 1. The van der Waals surface area contributed by atoms with Crippen LogP contribution in [0.3, 0.4) is 0 Å². The van der Waals surface area contributed by atoms with Crippen molar-refractivity contribution in [1.29, 1.82) is 0 Å². The fourth-order valence-corrected chi connectivity index (χ4v) is 14.9. The summed E-state index contributed by atoms with van der Waals surface area (Å²) in [4.78, 5) is 88.0. The molecule has 2 fully saturated rings. The van der Waals surface area contributed by atoms with Crippen molar-refractivity contribution in [3.8, 4) is 11.5 Å². The molecular weight excluding hydrogens is 1570 g/mol. The van der Waals surface area contributed by atoms with E-state index in [0.29, 0.717) is 59.1 Å². The summed E-state index contributed by atoms with van der Waals surface area (Å²) >= 11 is 0. The number of aryl methyl sites for hydroxylation is 4. The average Bonchev–Trinajstić information content (AvgIpc) is 1.59.